The normalized spacial score (nSPS) is 16.8. The number of carbonyl (C=O) groups is 2. The molecule has 1 saturated heterocycles. The third-order valence-electron chi connectivity index (χ3n) is 8.36. The number of benzene rings is 3. The van der Waals surface area contributed by atoms with Gasteiger partial charge in [-0.15, -0.1) is 5.10 Å². The van der Waals surface area contributed by atoms with Gasteiger partial charge < -0.3 is 20.3 Å². The summed E-state index contributed by atoms with van der Waals surface area (Å²) in [6, 6.07) is 12.7. The molecule has 1 atom stereocenters. The standard InChI is InChI=1S/C33H32ClF2N7O3/c34-27-9-10-28(43-20-38-40-41-43)26(31(27)36)8-11-30(44)42-18-14-24-25(32(42)33(45)39-23-6-4-22(35)5-7-23)2-1-3-29(24)46-19-15-21-12-16-37-17-13-21/h1-11,20-21,32,37H,12-19H2,(H,39,45)/b11-8+. The third kappa shape index (κ3) is 6.92. The molecule has 46 heavy (non-hydrogen) atoms. The molecule has 4 aromatic rings. The van der Waals surface area contributed by atoms with Crippen LogP contribution in [0.25, 0.3) is 11.8 Å². The number of piperidine rings is 1. The minimum atomic E-state index is -1.04. The van der Waals surface area contributed by atoms with E-state index in [2.05, 4.69) is 26.2 Å². The molecule has 238 valence electrons. The maximum Gasteiger partial charge on any atom is 0.251 e. The smallest absolute Gasteiger partial charge is 0.251 e. The summed E-state index contributed by atoms with van der Waals surface area (Å²) < 4.78 is 36.3. The summed E-state index contributed by atoms with van der Waals surface area (Å²) in [6.45, 7) is 2.77. The van der Waals surface area contributed by atoms with Crippen LogP contribution in [0, 0.1) is 17.6 Å². The summed E-state index contributed by atoms with van der Waals surface area (Å²) >= 11 is 6.06. The minimum Gasteiger partial charge on any atom is -0.493 e. The molecule has 6 rings (SSSR count). The maximum absolute atomic E-state index is 15.2. The van der Waals surface area contributed by atoms with E-state index in [1.807, 2.05) is 6.07 Å². The highest BCUT2D eigenvalue weighted by Crippen LogP contribution is 2.37. The van der Waals surface area contributed by atoms with Gasteiger partial charge in [0.1, 0.15) is 23.9 Å². The fourth-order valence-electron chi connectivity index (χ4n) is 5.98. The molecular weight excluding hydrogens is 616 g/mol. The highest BCUT2D eigenvalue weighted by Gasteiger charge is 2.36. The Bertz CT molecular complexity index is 1730. The van der Waals surface area contributed by atoms with E-state index in [-0.39, 0.29) is 22.8 Å². The molecule has 2 amide bonds. The predicted molar refractivity (Wildman–Crippen MR) is 168 cm³/mol. The zero-order valence-corrected chi connectivity index (χ0v) is 25.6. The average Bonchev–Trinajstić information content (AvgIpc) is 3.61. The zero-order valence-electron chi connectivity index (χ0n) is 24.8. The molecule has 3 heterocycles. The monoisotopic (exact) mass is 647 g/mol. The van der Waals surface area contributed by atoms with Crippen LogP contribution in [0.4, 0.5) is 14.5 Å². The van der Waals surface area contributed by atoms with Gasteiger partial charge in [-0.3, -0.25) is 9.59 Å². The summed E-state index contributed by atoms with van der Waals surface area (Å²) in [4.78, 5) is 29.1. The van der Waals surface area contributed by atoms with Crippen LogP contribution in [0.5, 0.6) is 5.75 Å². The lowest BCUT2D eigenvalue weighted by molar-refractivity contribution is -0.135. The van der Waals surface area contributed by atoms with Crippen LogP contribution in [0.1, 0.15) is 42.0 Å². The molecule has 0 spiro atoms. The molecule has 2 aliphatic rings. The molecule has 1 aromatic heterocycles. The molecule has 0 radical (unpaired) electrons. The van der Waals surface area contributed by atoms with Crippen molar-refractivity contribution in [3.8, 4) is 11.4 Å². The predicted octanol–water partition coefficient (Wildman–Crippen LogP) is 5.14. The highest BCUT2D eigenvalue weighted by molar-refractivity contribution is 6.31. The van der Waals surface area contributed by atoms with Crippen molar-refractivity contribution >= 4 is 35.2 Å². The number of halogens is 3. The molecular formula is C33H32ClF2N7O3. The lowest BCUT2D eigenvalue weighted by atomic mass is 9.90. The van der Waals surface area contributed by atoms with Crippen LogP contribution in [-0.4, -0.2) is 63.2 Å². The van der Waals surface area contributed by atoms with Gasteiger partial charge in [0.05, 0.1) is 17.3 Å². The Labute approximate surface area is 269 Å². The van der Waals surface area contributed by atoms with Crippen LogP contribution < -0.4 is 15.4 Å². The molecule has 3 aromatic carbocycles. The second-order valence-electron chi connectivity index (χ2n) is 11.2. The Morgan fingerprint density at radius 2 is 1.89 bits per heavy atom. The summed E-state index contributed by atoms with van der Waals surface area (Å²) in [6.07, 6.45) is 7.40. The van der Waals surface area contributed by atoms with Gasteiger partial charge in [-0.25, -0.2) is 8.78 Å². The molecule has 13 heteroatoms. The lowest BCUT2D eigenvalue weighted by Crippen LogP contribution is -2.44. The van der Waals surface area contributed by atoms with E-state index < -0.39 is 29.5 Å². The van der Waals surface area contributed by atoms with E-state index in [0.717, 1.165) is 37.9 Å². The topological polar surface area (TPSA) is 114 Å². The van der Waals surface area contributed by atoms with Gasteiger partial charge in [0, 0.05) is 29.4 Å². The van der Waals surface area contributed by atoms with Crippen molar-refractivity contribution in [2.75, 3.05) is 31.6 Å². The van der Waals surface area contributed by atoms with E-state index in [1.54, 1.807) is 12.1 Å². The van der Waals surface area contributed by atoms with Gasteiger partial charge in [0.15, 0.2) is 5.82 Å². The molecule has 2 aliphatic heterocycles. The zero-order chi connectivity index (χ0) is 32.0. The first kappa shape index (κ1) is 31.3. The molecule has 0 bridgehead atoms. The first-order chi connectivity index (χ1) is 22.4. The summed E-state index contributed by atoms with van der Waals surface area (Å²) in [5.41, 5.74) is 2.12. The number of carbonyl (C=O) groups excluding carboxylic acids is 2. The van der Waals surface area contributed by atoms with Gasteiger partial charge in [0.2, 0.25) is 5.91 Å². The Hall–Kier alpha value is -4.68. The van der Waals surface area contributed by atoms with Crippen LogP contribution >= 0.6 is 11.6 Å². The fourth-order valence-corrected chi connectivity index (χ4v) is 6.14. The van der Waals surface area contributed by atoms with Crippen LogP contribution in [0.3, 0.4) is 0 Å². The van der Waals surface area contributed by atoms with Crippen molar-refractivity contribution in [2.45, 2.75) is 31.7 Å². The largest absolute Gasteiger partial charge is 0.493 e. The van der Waals surface area contributed by atoms with E-state index in [1.165, 1.54) is 64.5 Å². The Morgan fingerprint density at radius 3 is 2.65 bits per heavy atom. The SMILES string of the molecule is O=C(Nc1ccc(F)cc1)C1c2cccc(OCCC3CCNCC3)c2CCN1C(=O)/C=C/c1c(-n2cnnn2)ccc(Cl)c1F. The van der Waals surface area contributed by atoms with Crippen molar-refractivity contribution in [3.05, 3.63) is 100 Å². The number of hydrogen-bond acceptors (Lipinski definition) is 7. The number of nitrogens with zero attached hydrogens (tertiary/aromatic N) is 5. The Kier molecular flexibility index (Phi) is 9.65. The van der Waals surface area contributed by atoms with E-state index in [0.29, 0.717) is 35.9 Å². The Balaban J connectivity index is 1.29. The number of aromatic nitrogens is 4. The lowest BCUT2D eigenvalue weighted by Gasteiger charge is -2.36. The van der Waals surface area contributed by atoms with Gasteiger partial charge in [-0.05, 0) is 109 Å². The number of nitrogens with one attached hydrogen (secondary N) is 2. The van der Waals surface area contributed by atoms with Gasteiger partial charge in [0.25, 0.3) is 5.91 Å². The van der Waals surface area contributed by atoms with Crippen molar-refractivity contribution in [2.24, 2.45) is 5.92 Å². The number of ether oxygens (including phenoxy) is 1. The molecule has 0 aliphatic carbocycles. The van der Waals surface area contributed by atoms with Gasteiger partial charge in [-0.1, -0.05) is 23.7 Å². The Morgan fingerprint density at radius 1 is 1.09 bits per heavy atom. The minimum absolute atomic E-state index is 0.00214. The highest BCUT2D eigenvalue weighted by atomic mass is 35.5. The number of tetrazole rings is 1. The van der Waals surface area contributed by atoms with E-state index in [9.17, 15) is 14.0 Å². The molecule has 0 saturated carbocycles. The van der Waals surface area contributed by atoms with Gasteiger partial charge >= 0.3 is 0 Å². The summed E-state index contributed by atoms with van der Waals surface area (Å²) in [7, 11) is 0. The first-order valence-corrected chi connectivity index (χ1v) is 15.5. The third-order valence-corrected chi connectivity index (χ3v) is 8.65. The number of anilines is 1. The number of fused-ring (bicyclic) bond motifs is 1. The van der Waals surface area contributed by atoms with Crippen molar-refractivity contribution in [1.82, 2.24) is 30.4 Å². The second-order valence-corrected chi connectivity index (χ2v) is 11.6. The first-order valence-electron chi connectivity index (χ1n) is 15.1. The van der Waals surface area contributed by atoms with E-state index >= 15 is 4.39 Å². The molecule has 1 unspecified atom stereocenters. The number of hydrogen-bond donors (Lipinski definition) is 2. The molecule has 10 nitrogen and oxygen atoms in total. The molecule has 2 N–H and O–H groups in total. The fraction of sp³-hybridized carbons (Fsp3) is 0.303. The maximum atomic E-state index is 15.2. The average molecular weight is 648 g/mol. The summed E-state index contributed by atoms with van der Waals surface area (Å²) in [5.74, 6) is -0.918. The number of amides is 2. The van der Waals surface area contributed by atoms with Crippen LogP contribution in [0.15, 0.2) is 67.0 Å². The molecule has 1 fully saturated rings. The second kappa shape index (κ2) is 14.2. The van der Waals surface area contributed by atoms with Crippen molar-refractivity contribution in [1.29, 1.82) is 0 Å². The van der Waals surface area contributed by atoms with Crippen molar-refractivity contribution < 1.29 is 23.1 Å². The quantitative estimate of drug-likeness (QED) is 0.242. The van der Waals surface area contributed by atoms with Crippen LogP contribution in [-0.2, 0) is 16.0 Å². The summed E-state index contributed by atoms with van der Waals surface area (Å²) in [5, 5.41) is 17.1. The van der Waals surface area contributed by atoms with E-state index in [4.69, 9.17) is 16.3 Å². The van der Waals surface area contributed by atoms with Crippen LogP contribution in [0.2, 0.25) is 5.02 Å². The van der Waals surface area contributed by atoms with Gasteiger partial charge in [-0.2, -0.15) is 4.68 Å². The van der Waals surface area contributed by atoms with Crippen molar-refractivity contribution in [3.63, 3.8) is 0 Å². The number of rotatable bonds is 9.